The van der Waals surface area contributed by atoms with Crippen LogP contribution >= 0.6 is 23.1 Å². The van der Waals surface area contributed by atoms with E-state index in [2.05, 4.69) is 36.2 Å². The summed E-state index contributed by atoms with van der Waals surface area (Å²) in [6.45, 7) is 4.51. The van der Waals surface area contributed by atoms with Gasteiger partial charge in [-0.15, -0.1) is 11.8 Å². The molecular formula is C23H21N3OS2. The molecule has 2 heterocycles. The van der Waals surface area contributed by atoms with Crippen LogP contribution in [-0.2, 0) is 11.3 Å². The van der Waals surface area contributed by atoms with E-state index in [1.807, 2.05) is 43.3 Å². The Hall–Kier alpha value is -2.70. The normalized spacial score (nSPS) is 11.0. The number of amides is 1. The average molecular weight is 420 g/mol. The summed E-state index contributed by atoms with van der Waals surface area (Å²) >= 11 is 3.09. The minimum Gasteiger partial charge on any atom is -0.281 e. The van der Waals surface area contributed by atoms with Gasteiger partial charge in [-0.1, -0.05) is 47.2 Å². The highest BCUT2D eigenvalue weighted by molar-refractivity contribution is 8.00. The summed E-state index contributed by atoms with van der Waals surface area (Å²) in [7, 11) is 0. The number of thiazole rings is 1. The molecule has 0 spiro atoms. The number of hydrogen-bond donors (Lipinski definition) is 0. The number of nitrogens with zero attached hydrogens (tertiary/aromatic N) is 3. The fourth-order valence-corrected chi connectivity index (χ4v) is 4.80. The summed E-state index contributed by atoms with van der Waals surface area (Å²) in [5, 5.41) is 0.717. The van der Waals surface area contributed by atoms with Crippen molar-refractivity contribution in [2.75, 3.05) is 10.7 Å². The van der Waals surface area contributed by atoms with Crippen LogP contribution in [0.5, 0.6) is 0 Å². The summed E-state index contributed by atoms with van der Waals surface area (Å²) in [4.78, 5) is 25.2. The van der Waals surface area contributed by atoms with Gasteiger partial charge in [0.1, 0.15) is 0 Å². The first-order valence-electron chi connectivity index (χ1n) is 9.36. The molecule has 29 heavy (non-hydrogen) atoms. The Labute approximate surface area is 178 Å². The van der Waals surface area contributed by atoms with Crippen LogP contribution in [0.15, 0.2) is 71.8 Å². The lowest BCUT2D eigenvalue weighted by molar-refractivity contribution is -0.116. The van der Waals surface area contributed by atoms with E-state index in [-0.39, 0.29) is 5.91 Å². The van der Waals surface area contributed by atoms with Gasteiger partial charge in [-0.05, 0) is 49.7 Å². The van der Waals surface area contributed by atoms with Crippen LogP contribution in [0.2, 0.25) is 0 Å². The maximum atomic E-state index is 13.2. The molecule has 0 aliphatic carbocycles. The van der Waals surface area contributed by atoms with E-state index >= 15 is 0 Å². The molecule has 0 aliphatic rings. The minimum atomic E-state index is 0.0259. The fraction of sp³-hybridized carbons (Fsp3) is 0.174. The molecule has 4 rings (SSSR count). The summed E-state index contributed by atoms with van der Waals surface area (Å²) < 4.78 is 1.09. The number of fused-ring (bicyclic) bond motifs is 1. The van der Waals surface area contributed by atoms with Gasteiger partial charge < -0.3 is 0 Å². The number of aromatic nitrogens is 2. The standard InChI is InChI=1S/C23H21N3OS2/c1-16-9-11-19(12-10-16)28-15-21(27)26(14-18-7-3-4-13-24-18)23-25-22-17(2)6-5-8-20(22)29-23/h3-13H,14-15H2,1-2H3. The molecule has 0 unspecified atom stereocenters. The third kappa shape index (κ3) is 4.66. The Morgan fingerprint density at radius 3 is 2.59 bits per heavy atom. The lowest BCUT2D eigenvalue weighted by Crippen LogP contribution is -2.32. The van der Waals surface area contributed by atoms with Crippen LogP contribution in [0.1, 0.15) is 16.8 Å². The molecule has 0 bridgehead atoms. The van der Waals surface area contributed by atoms with Gasteiger partial charge in [-0.25, -0.2) is 4.98 Å². The van der Waals surface area contributed by atoms with E-state index in [4.69, 9.17) is 4.98 Å². The predicted octanol–water partition coefficient (Wildman–Crippen LogP) is 5.63. The second kappa shape index (κ2) is 8.76. The highest BCUT2D eigenvalue weighted by Crippen LogP contribution is 2.32. The quantitative estimate of drug-likeness (QED) is 0.380. The number of hydrogen-bond acceptors (Lipinski definition) is 5. The molecule has 0 saturated heterocycles. The molecule has 0 aliphatic heterocycles. The molecule has 0 fully saturated rings. The van der Waals surface area contributed by atoms with Gasteiger partial charge in [0.25, 0.3) is 0 Å². The van der Waals surface area contributed by atoms with E-state index in [0.29, 0.717) is 12.3 Å². The highest BCUT2D eigenvalue weighted by atomic mass is 32.2. The molecule has 2 aromatic heterocycles. The van der Waals surface area contributed by atoms with Crippen LogP contribution in [-0.4, -0.2) is 21.6 Å². The molecule has 2 aromatic carbocycles. The first-order chi connectivity index (χ1) is 14.1. The zero-order valence-electron chi connectivity index (χ0n) is 16.3. The molecule has 6 heteroatoms. The number of thioether (sulfide) groups is 1. The third-order valence-corrected chi connectivity index (χ3v) is 6.61. The minimum absolute atomic E-state index is 0.0259. The summed E-state index contributed by atoms with van der Waals surface area (Å²) in [6.07, 6.45) is 1.75. The van der Waals surface area contributed by atoms with Crippen molar-refractivity contribution in [3.63, 3.8) is 0 Å². The number of para-hydroxylation sites is 1. The van der Waals surface area contributed by atoms with Crippen molar-refractivity contribution in [3.05, 3.63) is 83.7 Å². The second-order valence-electron chi connectivity index (χ2n) is 6.82. The largest absolute Gasteiger partial charge is 0.281 e. The van der Waals surface area contributed by atoms with E-state index in [1.165, 1.54) is 5.56 Å². The zero-order chi connectivity index (χ0) is 20.2. The van der Waals surface area contributed by atoms with Crippen LogP contribution < -0.4 is 4.90 Å². The van der Waals surface area contributed by atoms with Crippen molar-refractivity contribution in [3.8, 4) is 0 Å². The zero-order valence-corrected chi connectivity index (χ0v) is 18.0. The molecular weight excluding hydrogens is 398 g/mol. The number of anilines is 1. The van der Waals surface area contributed by atoms with Gasteiger partial charge in [-0.2, -0.15) is 0 Å². The van der Waals surface area contributed by atoms with Crippen molar-refractivity contribution >= 4 is 44.4 Å². The predicted molar refractivity (Wildman–Crippen MR) is 122 cm³/mol. The molecule has 1 amide bonds. The summed E-state index contributed by atoms with van der Waals surface area (Å²) in [5.74, 6) is 0.378. The van der Waals surface area contributed by atoms with Crippen molar-refractivity contribution in [1.82, 2.24) is 9.97 Å². The molecule has 4 nitrogen and oxygen atoms in total. The Morgan fingerprint density at radius 1 is 1.03 bits per heavy atom. The van der Waals surface area contributed by atoms with E-state index in [0.717, 1.165) is 31.5 Å². The van der Waals surface area contributed by atoms with E-state index < -0.39 is 0 Å². The SMILES string of the molecule is Cc1ccc(SCC(=O)N(Cc2ccccn2)c2nc3c(C)cccc3s2)cc1. The molecule has 0 atom stereocenters. The average Bonchev–Trinajstić information content (AvgIpc) is 3.17. The first-order valence-corrected chi connectivity index (χ1v) is 11.2. The van der Waals surface area contributed by atoms with Crippen molar-refractivity contribution in [2.24, 2.45) is 0 Å². The van der Waals surface area contributed by atoms with Crippen LogP contribution in [0, 0.1) is 13.8 Å². The van der Waals surface area contributed by atoms with E-state index in [9.17, 15) is 4.79 Å². The van der Waals surface area contributed by atoms with E-state index in [1.54, 1.807) is 34.2 Å². The van der Waals surface area contributed by atoms with Crippen LogP contribution in [0.4, 0.5) is 5.13 Å². The van der Waals surface area contributed by atoms with Gasteiger partial charge in [-0.3, -0.25) is 14.7 Å². The number of benzene rings is 2. The van der Waals surface area contributed by atoms with Gasteiger partial charge >= 0.3 is 0 Å². The summed E-state index contributed by atoms with van der Waals surface area (Å²) in [6, 6.07) is 20.1. The van der Waals surface area contributed by atoms with Crippen molar-refractivity contribution in [1.29, 1.82) is 0 Å². The third-order valence-electron chi connectivity index (χ3n) is 4.57. The Bertz CT molecular complexity index is 1120. The maximum absolute atomic E-state index is 13.2. The first kappa shape index (κ1) is 19.6. The number of carbonyl (C=O) groups excluding carboxylic acids is 1. The number of aryl methyl sites for hydroxylation is 2. The smallest absolute Gasteiger partial charge is 0.239 e. The Kier molecular flexibility index (Phi) is 5.92. The molecule has 4 aromatic rings. The second-order valence-corrected chi connectivity index (χ2v) is 8.88. The van der Waals surface area contributed by atoms with Gasteiger partial charge in [0.05, 0.1) is 28.2 Å². The fourth-order valence-electron chi connectivity index (χ4n) is 2.96. The molecule has 0 radical (unpaired) electrons. The summed E-state index contributed by atoms with van der Waals surface area (Å²) in [5.41, 5.74) is 4.13. The Balaban J connectivity index is 1.60. The molecule has 0 saturated carbocycles. The van der Waals surface area contributed by atoms with Crippen molar-refractivity contribution in [2.45, 2.75) is 25.3 Å². The Morgan fingerprint density at radius 2 is 1.86 bits per heavy atom. The topological polar surface area (TPSA) is 46.1 Å². The monoisotopic (exact) mass is 419 g/mol. The highest BCUT2D eigenvalue weighted by Gasteiger charge is 2.21. The lowest BCUT2D eigenvalue weighted by Gasteiger charge is -2.19. The van der Waals surface area contributed by atoms with Gasteiger partial charge in [0.2, 0.25) is 5.91 Å². The number of rotatable bonds is 6. The maximum Gasteiger partial charge on any atom is 0.239 e. The van der Waals surface area contributed by atoms with Crippen LogP contribution in [0.3, 0.4) is 0 Å². The lowest BCUT2D eigenvalue weighted by atomic mass is 10.2. The van der Waals surface area contributed by atoms with Gasteiger partial charge in [0, 0.05) is 11.1 Å². The van der Waals surface area contributed by atoms with Crippen LogP contribution in [0.25, 0.3) is 10.2 Å². The molecule has 0 N–H and O–H groups in total. The molecule has 146 valence electrons. The van der Waals surface area contributed by atoms with Gasteiger partial charge in [0.15, 0.2) is 5.13 Å². The van der Waals surface area contributed by atoms with Crippen molar-refractivity contribution < 1.29 is 4.79 Å². The number of carbonyl (C=O) groups is 1. The number of pyridine rings is 1.